The van der Waals surface area contributed by atoms with Gasteiger partial charge in [0, 0.05) is 34.0 Å². The number of nitrogens with zero attached hydrogens (tertiary/aromatic N) is 2. The number of hydrogen-bond acceptors (Lipinski definition) is 2. The van der Waals surface area contributed by atoms with E-state index < -0.39 is 0 Å². The van der Waals surface area contributed by atoms with Crippen molar-refractivity contribution in [3.63, 3.8) is 0 Å². The Morgan fingerprint density at radius 3 is 2.68 bits per heavy atom. The summed E-state index contributed by atoms with van der Waals surface area (Å²) in [5.41, 5.74) is 8.64. The Bertz CT molecular complexity index is 1030. The molecule has 5 heteroatoms. The summed E-state index contributed by atoms with van der Waals surface area (Å²) in [5, 5.41) is 5.62. The summed E-state index contributed by atoms with van der Waals surface area (Å²) < 4.78 is 3.37. The molecule has 1 amide bonds. The second-order valence-electron chi connectivity index (χ2n) is 7.29. The Labute approximate surface area is 173 Å². The molecule has 1 aromatic heterocycles. The Kier molecular flexibility index (Phi) is 5.62. The van der Waals surface area contributed by atoms with E-state index in [0.717, 1.165) is 28.6 Å². The summed E-state index contributed by atoms with van der Waals surface area (Å²) in [6.45, 7) is 2.59. The topological polar surface area (TPSA) is 46.4 Å². The Morgan fingerprint density at radius 2 is 1.86 bits per heavy atom. The zero-order chi connectivity index (χ0) is 19.5. The molecule has 2 aromatic carbocycles. The molecule has 0 bridgehead atoms. The van der Waals surface area contributed by atoms with Crippen molar-refractivity contribution in [2.24, 2.45) is 5.10 Å². The average Bonchev–Trinajstić information content (AvgIpc) is 3.05. The lowest BCUT2D eigenvalue weighted by Gasteiger charge is -2.15. The third-order valence-corrected chi connectivity index (χ3v) is 5.99. The van der Waals surface area contributed by atoms with E-state index in [2.05, 4.69) is 55.3 Å². The highest BCUT2D eigenvalue weighted by atomic mass is 79.9. The monoisotopic (exact) mass is 437 g/mol. The average molecular weight is 438 g/mol. The first-order valence-corrected chi connectivity index (χ1v) is 10.6. The molecule has 0 atom stereocenters. The van der Waals surface area contributed by atoms with Crippen LogP contribution >= 0.6 is 15.9 Å². The van der Waals surface area contributed by atoms with Crippen LogP contribution in [0.15, 0.2) is 58.1 Å². The minimum atomic E-state index is -0.0567. The maximum absolute atomic E-state index is 12.4. The first-order valence-electron chi connectivity index (χ1n) is 9.81. The summed E-state index contributed by atoms with van der Waals surface area (Å²) in [7, 11) is 0. The molecule has 1 heterocycles. The number of aromatic nitrogens is 1. The van der Waals surface area contributed by atoms with E-state index in [1.54, 1.807) is 0 Å². The molecule has 0 unspecified atom stereocenters. The predicted molar refractivity (Wildman–Crippen MR) is 118 cm³/mol. The summed E-state index contributed by atoms with van der Waals surface area (Å²) >= 11 is 3.43. The van der Waals surface area contributed by atoms with E-state index in [9.17, 15) is 4.79 Å². The Balaban J connectivity index is 1.45. The molecule has 0 fully saturated rings. The SMILES string of the molecule is C/C(=N/NC(=O)CCn1c2c(c3ccccc31)CCCC2)c1ccc(Br)cc1. The molecule has 1 N–H and O–H groups in total. The minimum Gasteiger partial charge on any atom is -0.344 e. The lowest BCUT2D eigenvalue weighted by Crippen LogP contribution is -2.21. The van der Waals surface area contributed by atoms with Crippen LogP contribution in [0.5, 0.6) is 0 Å². The van der Waals surface area contributed by atoms with E-state index in [0.29, 0.717) is 13.0 Å². The number of carbonyl (C=O) groups is 1. The van der Waals surface area contributed by atoms with Crippen molar-refractivity contribution in [3.05, 3.63) is 69.8 Å². The number of para-hydroxylation sites is 1. The fraction of sp³-hybridized carbons (Fsp3) is 0.304. The molecule has 1 aliphatic carbocycles. The second kappa shape index (κ2) is 8.31. The van der Waals surface area contributed by atoms with E-state index in [1.807, 2.05) is 31.2 Å². The molecular formula is C23H24BrN3O. The van der Waals surface area contributed by atoms with E-state index in [1.165, 1.54) is 35.0 Å². The van der Waals surface area contributed by atoms with Crippen LogP contribution in [0.3, 0.4) is 0 Å². The summed E-state index contributed by atoms with van der Waals surface area (Å²) in [6.07, 6.45) is 5.15. The van der Waals surface area contributed by atoms with Gasteiger partial charge in [0.25, 0.3) is 0 Å². The summed E-state index contributed by atoms with van der Waals surface area (Å²) in [4.78, 5) is 12.4. The first kappa shape index (κ1) is 18.9. The molecule has 0 saturated heterocycles. The highest BCUT2D eigenvalue weighted by molar-refractivity contribution is 9.10. The predicted octanol–water partition coefficient (Wildman–Crippen LogP) is 5.21. The summed E-state index contributed by atoms with van der Waals surface area (Å²) in [6, 6.07) is 16.5. The highest BCUT2D eigenvalue weighted by Crippen LogP contribution is 2.32. The maximum Gasteiger partial charge on any atom is 0.241 e. The molecule has 0 spiro atoms. The number of aryl methyl sites for hydroxylation is 2. The number of carbonyl (C=O) groups excluding carboxylic acids is 1. The normalized spacial score (nSPS) is 14.1. The van der Waals surface area contributed by atoms with Crippen LogP contribution in [0, 0.1) is 0 Å². The van der Waals surface area contributed by atoms with Crippen molar-refractivity contribution in [1.29, 1.82) is 0 Å². The number of rotatable bonds is 5. The first-order chi connectivity index (χ1) is 13.6. The quantitative estimate of drug-likeness (QED) is 0.431. The van der Waals surface area contributed by atoms with Crippen molar-refractivity contribution in [2.75, 3.05) is 0 Å². The standard InChI is InChI=1S/C23H24BrN3O/c1-16(17-10-12-18(24)13-11-17)25-26-23(28)14-15-27-21-8-4-2-6-19(21)20-7-3-5-9-22(20)27/h2,4,6,8,10-13H,3,5,7,9,14-15H2,1H3,(H,26,28)/b25-16-. The maximum atomic E-state index is 12.4. The van der Waals surface area contributed by atoms with Gasteiger partial charge in [-0.2, -0.15) is 5.10 Å². The van der Waals surface area contributed by atoms with Crippen LogP contribution < -0.4 is 5.43 Å². The Morgan fingerprint density at radius 1 is 1.11 bits per heavy atom. The van der Waals surface area contributed by atoms with Gasteiger partial charge >= 0.3 is 0 Å². The molecule has 144 valence electrons. The second-order valence-corrected chi connectivity index (χ2v) is 8.21. The van der Waals surface area contributed by atoms with Crippen LogP contribution in [0.25, 0.3) is 10.9 Å². The van der Waals surface area contributed by atoms with Gasteiger partial charge in [0.2, 0.25) is 5.91 Å². The largest absolute Gasteiger partial charge is 0.344 e. The molecule has 4 nitrogen and oxygen atoms in total. The van der Waals surface area contributed by atoms with Crippen LogP contribution in [0.4, 0.5) is 0 Å². The van der Waals surface area contributed by atoms with Gasteiger partial charge in [-0.15, -0.1) is 0 Å². The van der Waals surface area contributed by atoms with Crippen LogP contribution in [-0.4, -0.2) is 16.2 Å². The molecule has 3 aromatic rings. The molecule has 4 rings (SSSR count). The third kappa shape index (κ3) is 3.90. The van der Waals surface area contributed by atoms with Crippen molar-refractivity contribution in [3.8, 4) is 0 Å². The Hall–Kier alpha value is -2.40. The van der Waals surface area contributed by atoms with Gasteiger partial charge in [0.1, 0.15) is 0 Å². The lowest BCUT2D eigenvalue weighted by molar-refractivity contribution is -0.121. The van der Waals surface area contributed by atoms with Gasteiger partial charge in [-0.05, 0) is 61.9 Å². The van der Waals surface area contributed by atoms with Gasteiger partial charge in [0.15, 0.2) is 0 Å². The molecule has 1 aliphatic rings. The number of benzene rings is 2. The van der Waals surface area contributed by atoms with Crippen molar-refractivity contribution >= 4 is 38.5 Å². The third-order valence-electron chi connectivity index (χ3n) is 5.46. The molecule has 0 aliphatic heterocycles. The van der Waals surface area contributed by atoms with Gasteiger partial charge in [-0.25, -0.2) is 5.43 Å². The molecular weight excluding hydrogens is 414 g/mol. The van der Waals surface area contributed by atoms with Crippen molar-refractivity contribution in [1.82, 2.24) is 9.99 Å². The highest BCUT2D eigenvalue weighted by Gasteiger charge is 2.19. The molecule has 0 saturated carbocycles. The fourth-order valence-corrected chi connectivity index (χ4v) is 4.28. The zero-order valence-corrected chi connectivity index (χ0v) is 17.6. The van der Waals surface area contributed by atoms with Crippen molar-refractivity contribution < 1.29 is 4.79 Å². The fourth-order valence-electron chi connectivity index (χ4n) is 4.01. The van der Waals surface area contributed by atoms with Gasteiger partial charge < -0.3 is 4.57 Å². The number of halogens is 1. The molecule has 28 heavy (non-hydrogen) atoms. The van der Waals surface area contributed by atoms with Crippen LogP contribution in [0.1, 0.15) is 43.0 Å². The van der Waals surface area contributed by atoms with E-state index in [-0.39, 0.29) is 5.91 Å². The zero-order valence-electron chi connectivity index (χ0n) is 16.0. The van der Waals surface area contributed by atoms with Crippen LogP contribution in [0.2, 0.25) is 0 Å². The minimum absolute atomic E-state index is 0.0567. The van der Waals surface area contributed by atoms with Gasteiger partial charge in [0.05, 0.1) is 5.71 Å². The summed E-state index contributed by atoms with van der Waals surface area (Å²) in [5.74, 6) is -0.0567. The van der Waals surface area contributed by atoms with Gasteiger partial charge in [-0.1, -0.05) is 46.3 Å². The van der Waals surface area contributed by atoms with Crippen molar-refractivity contribution in [2.45, 2.75) is 45.6 Å². The number of hydrogen-bond donors (Lipinski definition) is 1. The molecule has 0 radical (unpaired) electrons. The van der Waals surface area contributed by atoms with E-state index in [4.69, 9.17) is 0 Å². The number of fused-ring (bicyclic) bond motifs is 3. The van der Waals surface area contributed by atoms with Gasteiger partial charge in [-0.3, -0.25) is 4.79 Å². The smallest absolute Gasteiger partial charge is 0.241 e. The number of amides is 1. The number of nitrogens with one attached hydrogen (secondary N) is 1. The lowest BCUT2D eigenvalue weighted by atomic mass is 9.95. The number of hydrazone groups is 1. The van der Waals surface area contributed by atoms with Crippen LogP contribution in [-0.2, 0) is 24.2 Å². The van der Waals surface area contributed by atoms with E-state index >= 15 is 0 Å².